The van der Waals surface area contributed by atoms with E-state index in [0.29, 0.717) is 50.5 Å². The fraction of sp³-hybridized carbons (Fsp3) is 0.520. The number of nitrogens with zero attached hydrogens (tertiary/aromatic N) is 5. The molecule has 35 heavy (non-hydrogen) atoms. The molecular formula is C25H33ClN6O2S. The SMILES string of the molecule is C=N/C(=C\N=C(/C)N1CCC2(CCC[C@H]2N)CC1)Sc1ccc2ncn(CCOC)c(=O)c2c1Cl. The van der Waals surface area contributed by atoms with Crippen molar-refractivity contribution in [2.45, 2.75) is 56.5 Å². The van der Waals surface area contributed by atoms with E-state index in [2.05, 4.69) is 26.6 Å². The van der Waals surface area contributed by atoms with E-state index in [4.69, 9.17) is 22.1 Å². The minimum atomic E-state index is -0.199. The Labute approximate surface area is 215 Å². The van der Waals surface area contributed by atoms with Crippen molar-refractivity contribution in [2.75, 3.05) is 26.8 Å². The molecule has 0 radical (unpaired) electrons. The highest BCUT2D eigenvalue weighted by Crippen LogP contribution is 2.45. The van der Waals surface area contributed by atoms with Gasteiger partial charge in [-0.25, -0.2) is 9.98 Å². The number of benzene rings is 1. The molecule has 1 aromatic carbocycles. The smallest absolute Gasteiger partial charge is 0.262 e. The number of aliphatic imine (C=N–C) groups is 2. The highest BCUT2D eigenvalue weighted by molar-refractivity contribution is 8.03. The Morgan fingerprint density at radius 2 is 2.17 bits per heavy atom. The summed E-state index contributed by atoms with van der Waals surface area (Å²) in [6.07, 6.45) is 9.11. The molecule has 4 rings (SSSR count). The molecule has 1 aliphatic carbocycles. The van der Waals surface area contributed by atoms with Gasteiger partial charge in [0.05, 0.1) is 41.6 Å². The van der Waals surface area contributed by atoms with Gasteiger partial charge in [-0.1, -0.05) is 29.8 Å². The van der Waals surface area contributed by atoms with E-state index < -0.39 is 0 Å². The van der Waals surface area contributed by atoms with Crippen LogP contribution in [0.15, 0.2) is 49.4 Å². The Hall–Kier alpha value is -2.20. The van der Waals surface area contributed by atoms with Gasteiger partial charge in [0.2, 0.25) is 0 Å². The number of methoxy groups -OCH3 is 1. The molecule has 1 saturated carbocycles. The van der Waals surface area contributed by atoms with Crippen molar-refractivity contribution in [3.63, 3.8) is 0 Å². The number of rotatable bonds is 7. The molecule has 2 heterocycles. The molecule has 0 amide bonds. The lowest BCUT2D eigenvalue weighted by Crippen LogP contribution is -2.48. The summed E-state index contributed by atoms with van der Waals surface area (Å²) in [5.41, 5.74) is 7.09. The molecule has 0 unspecified atom stereocenters. The van der Waals surface area contributed by atoms with Gasteiger partial charge in [0.25, 0.3) is 5.56 Å². The maximum absolute atomic E-state index is 13.0. The molecule has 8 nitrogen and oxygen atoms in total. The molecule has 2 fully saturated rings. The second kappa shape index (κ2) is 11.2. The van der Waals surface area contributed by atoms with Crippen molar-refractivity contribution >= 4 is 46.8 Å². The molecule has 188 valence electrons. The third kappa shape index (κ3) is 5.48. The number of halogens is 1. The van der Waals surface area contributed by atoms with Crippen LogP contribution in [0.5, 0.6) is 0 Å². The summed E-state index contributed by atoms with van der Waals surface area (Å²) >= 11 is 7.98. The number of aromatic nitrogens is 2. The predicted molar refractivity (Wildman–Crippen MR) is 145 cm³/mol. The van der Waals surface area contributed by atoms with Crippen molar-refractivity contribution in [1.82, 2.24) is 14.5 Å². The molecule has 2 N–H and O–H groups in total. The van der Waals surface area contributed by atoms with Crippen LogP contribution in [0.4, 0.5) is 0 Å². The van der Waals surface area contributed by atoms with E-state index in [-0.39, 0.29) is 5.56 Å². The number of piperidine rings is 1. The summed E-state index contributed by atoms with van der Waals surface area (Å²) in [6, 6.07) is 3.96. The Balaban J connectivity index is 1.50. The van der Waals surface area contributed by atoms with Gasteiger partial charge in [-0.3, -0.25) is 14.4 Å². The van der Waals surface area contributed by atoms with E-state index in [1.165, 1.54) is 35.5 Å². The van der Waals surface area contributed by atoms with Crippen LogP contribution in [0.25, 0.3) is 10.9 Å². The van der Waals surface area contributed by atoms with Crippen LogP contribution in [0.1, 0.15) is 39.0 Å². The Morgan fingerprint density at radius 1 is 1.40 bits per heavy atom. The first kappa shape index (κ1) is 25.9. The first-order valence-corrected chi connectivity index (χ1v) is 13.1. The quantitative estimate of drug-likeness (QED) is 0.334. The number of hydrogen-bond donors (Lipinski definition) is 1. The van der Waals surface area contributed by atoms with Gasteiger partial charge in [0.15, 0.2) is 0 Å². The van der Waals surface area contributed by atoms with Crippen molar-refractivity contribution in [2.24, 2.45) is 21.1 Å². The highest BCUT2D eigenvalue weighted by atomic mass is 35.5. The van der Waals surface area contributed by atoms with Crippen molar-refractivity contribution < 1.29 is 4.74 Å². The number of thioether (sulfide) groups is 1. The fourth-order valence-corrected chi connectivity index (χ4v) is 6.20. The summed E-state index contributed by atoms with van der Waals surface area (Å²) in [5.74, 6) is 0.947. The van der Waals surface area contributed by atoms with Gasteiger partial charge in [-0.05, 0) is 56.9 Å². The second-order valence-electron chi connectivity index (χ2n) is 9.26. The van der Waals surface area contributed by atoms with E-state index in [9.17, 15) is 4.79 Å². The van der Waals surface area contributed by atoms with Crippen LogP contribution in [-0.4, -0.2) is 59.9 Å². The molecule has 1 aliphatic heterocycles. The molecule has 1 saturated heterocycles. The van der Waals surface area contributed by atoms with Gasteiger partial charge < -0.3 is 15.4 Å². The number of likely N-dealkylation sites (tertiary alicyclic amines) is 1. The molecule has 0 bridgehead atoms. The number of nitrogens with two attached hydrogens (primary N) is 1. The molecule has 10 heteroatoms. The van der Waals surface area contributed by atoms with Crippen LogP contribution in [0.2, 0.25) is 5.02 Å². The number of amidine groups is 1. The van der Waals surface area contributed by atoms with Crippen molar-refractivity contribution in [3.8, 4) is 0 Å². The number of ether oxygens (including phenoxy) is 1. The first-order chi connectivity index (χ1) is 16.9. The zero-order valence-electron chi connectivity index (χ0n) is 20.4. The summed E-state index contributed by atoms with van der Waals surface area (Å²) in [4.78, 5) is 29.1. The zero-order valence-corrected chi connectivity index (χ0v) is 21.9. The van der Waals surface area contributed by atoms with Gasteiger partial charge >= 0.3 is 0 Å². The lowest BCUT2D eigenvalue weighted by molar-refractivity contribution is 0.135. The third-order valence-electron chi connectivity index (χ3n) is 7.36. The molecule has 2 aliphatic rings. The fourth-order valence-electron chi connectivity index (χ4n) is 5.12. The Bertz CT molecular complexity index is 1200. The maximum atomic E-state index is 13.0. The number of fused-ring (bicyclic) bond motifs is 1. The van der Waals surface area contributed by atoms with Crippen molar-refractivity contribution in [1.29, 1.82) is 0 Å². The summed E-state index contributed by atoms with van der Waals surface area (Å²) < 4.78 is 6.58. The average molecular weight is 517 g/mol. The minimum Gasteiger partial charge on any atom is -0.383 e. The van der Waals surface area contributed by atoms with Crippen LogP contribution < -0.4 is 11.3 Å². The summed E-state index contributed by atoms with van der Waals surface area (Å²) in [7, 11) is 1.59. The molecule has 1 atom stereocenters. The van der Waals surface area contributed by atoms with E-state index in [1.807, 2.05) is 13.0 Å². The summed E-state index contributed by atoms with van der Waals surface area (Å²) in [6.45, 7) is 8.47. The molecule has 1 aromatic heterocycles. The zero-order chi connectivity index (χ0) is 25.0. The topological polar surface area (TPSA) is 98.1 Å². The predicted octanol–water partition coefficient (Wildman–Crippen LogP) is 4.30. The largest absolute Gasteiger partial charge is 0.383 e. The highest BCUT2D eigenvalue weighted by Gasteiger charge is 2.42. The van der Waals surface area contributed by atoms with E-state index in [1.54, 1.807) is 19.4 Å². The molecule has 1 spiro atoms. The lowest BCUT2D eigenvalue weighted by atomic mass is 9.74. The van der Waals surface area contributed by atoms with Crippen LogP contribution in [-0.2, 0) is 11.3 Å². The Morgan fingerprint density at radius 3 is 2.83 bits per heavy atom. The second-order valence-corrected chi connectivity index (χ2v) is 10.7. The van der Waals surface area contributed by atoms with Gasteiger partial charge in [-0.2, -0.15) is 0 Å². The lowest BCUT2D eigenvalue weighted by Gasteiger charge is -2.42. The maximum Gasteiger partial charge on any atom is 0.262 e. The van der Waals surface area contributed by atoms with Crippen LogP contribution in [0, 0.1) is 5.41 Å². The first-order valence-electron chi connectivity index (χ1n) is 11.9. The number of hydrogen-bond acceptors (Lipinski definition) is 7. The van der Waals surface area contributed by atoms with E-state index >= 15 is 0 Å². The Kier molecular flexibility index (Phi) is 8.31. The van der Waals surface area contributed by atoms with Crippen LogP contribution >= 0.6 is 23.4 Å². The average Bonchev–Trinajstić information content (AvgIpc) is 3.21. The van der Waals surface area contributed by atoms with Crippen LogP contribution in [0.3, 0.4) is 0 Å². The van der Waals surface area contributed by atoms with Gasteiger partial charge in [0, 0.05) is 31.1 Å². The van der Waals surface area contributed by atoms with Crippen molar-refractivity contribution in [3.05, 3.63) is 45.1 Å². The van der Waals surface area contributed by atoms with E-state index in [0.717, 1.165) is 38.2 Å². The molecule has 2 aromatic rings. The summed E-state index contributed by atoms with van der Waals surface area (Å²) in [5, 5.41) is 1.33. The monoisotopic (exact) mass is 516 g/mol. The molecular weight excluding hydrogens is 484 g/mol. The van der Waals surface area contributed by atoms with Gasteiger partial charge in [-0.15, -0.1) is 0 Å². The third-order valence-corrected chi connectivity index (χ3v) is 8.87. The minimum absolute atomic E-state index is 0.199. The normalized spacial score (nSPS) is 20.7. The standard InChI is InChI=1S/C25H33ClN6O2S/c1-17(31-11-9-25(10-12-31)8-4-5-20(25)27)29-15-21(28-2)35-19-7-6-18-22(23(19)26)24(33)32(16-30-18)13-14-34-3/h6-7,15-16,20H,2,4-5,8-14,27H2,1,3H3/b21-15+,29-17+/t20-/m1/s1. The van der Waals surface area contributed by atoms with Gasteiger partial charge in [0.1, 0.15) is 10.9 Å².